The first-order chi connectivity index (χ1) is 15.0. The predicted molar refractivity (Wildman–Crippen MR) is 112 cm³/mol. The minimum Gasteiger partial charge on any atom is -0.467 e. The van der Waals surface area contributed by atoms with Crippen LogP contribution in [0.5, 0.6) is 5.75 Å². The quantitative estimate of drug-likeness (QED) is 0.560. The molecule has 0 spiro atoms. The molecule has 2 aliphatic rings. The SMILES string of the molecule is CN=C(NCCc1cc(F)cc2c1OCOC2)NC1CCN(c2ccc(F)cc2F)C1. The third kappa shape index (κ3) is 5.04. The van der Waals surface area contributed by atoms with Crippen molar-refractivity contribution in [3.63, 3.8) is 0 Å². The number of rotatable bonds is 5. The maximum Gasteiger partial charge on any atom is 0.191 e. The largest absolute Gasteiger partial charge is 0.467 e. The monoisotopic (exact) mass is 434 g/mol. The van der Waals surface area contributed by atoms with Crippen LogP contribution in [0.25, 0.3) is 0 Å². The maximum atomic E-state index is 14.1. The van der Waals surface area contributed by atoms with Gasteiger partial charge in [0.15, 0.2) is 12.8 Å². The Morgan fingerprint density at radius 3 is 2.87 bits per heavy atom. The number of halogens is 3. The van der Waals surface area contributed by atoms with Gasteiger partial charge in [-0.15, -0.1) is 0 Å². The zero-order valence-corrected chi connectivity index (χ0v) is 17.3. The summed E-state index contributed by atoms with van der Waals surface area (Å²) < 4.78 is 51.9. The highest BCUT2D eigenvalue weighted by molar-refractivity contribution is 5.80. The molecule has 0 amide bonds. The first-order valence-electron chi connectivity index (χ1n) is 10.2. The molecular weight excluding hydrogens is 409 g/mol. The average molecular weight is 434 g/mol. The molecule has 2 aromatic carbocycles. The van der Waals surface area contributed by atoms with Crippen LogP contribution in [0.2, 0.25) is 0 Å². The molecule has 1 saturated heterocycles. The number of benzene rings is 2. The van der Waals surface area contributed by atoms with Crippen LogP contribution in [0.15, 0.2) is 35.3 Å². The van der Waals surface area contributed by atoms with Crippen LogP contribution in [-0.2, 0) is 17.8 Å². The van der Waals surface area contributed by atoms with Gasteiger partial charge in [-0.25, -0.2) is 13.2 Å². The van der Waals surface area contributed by atoms with Crippen LogP contribution in [0.3, 0.4) is 0 Å². The van der Waals surface area contributed by atoms with E-state index in [1.807, 2.05) is 4.90 Å². The van der Waals surface area contributed by atoms with Crippen molar-refractivity contribution in [2.75, 3.05) is 38.4 Å². The van der Waals surface area contributed by atoms with E-state index in [1.165, 1.54) is 24.3 Å². The van der Waals surface area contributed by atoms with E-state index in [0.717, 1.165) is 18.1 Å². The van der Waals surface area contributed by atoms with Crippen LogP contribution in [-0.4, -0.2) is 45.5 Å². The van der Waals surface area contributed by atoms with Crippen molar-refractivity contribution in [2.45, 2.75) is 25.5 Å². The summed E-state index contributed by atoms with van der Waals surface area (Å²) in [5.41, 5.74) is 1.89. The zero-order valence-electron chi connectivity index (χ0n) is 17.3. The summed E-state index contributed by atoms with van der Waals surface area (Å²) in [6.45, 7) is 2.27. The van der Waals surface area contributed by atoms with Crippen LogP contribution in [0.4, 0.5) is 18.9 Å². The first kappa shape index (κ1) is 21.3. The molecule has 1 unspecified atom stereocenters. The molecule has 1 atom stereocenters. The van der Waals surface area contributed by atoms with Gasteiger partial charge in [0.25, 0.3) is 0 Å². The highest BCUT2D eigenvalue weighted by Crippen LogP contribution is 2.29. The minimum absolute atomic E-state index is 0.0677. The fourth-order valence-corrected chi connectivity index (χ4v) is 3.98. The number of guanidine groups is 1. The summed E-state index contributed by atoms with van der Waals surface area (Å²) in [4.78, 5) is 6.13. The fraction of sp³-hybridized carbons (Fsp3) is 0.409. The number of ether oxygens (including phenoxy) is 2. The number of anilines is 1. The summed E-state index contributed by atoms with van der Waals surface area (Å²) in [6, 6.07) is 6.61. The molecule has 31 heavy (non-hydrogen) atoms. The van der Waals surface area contributed by atoms with Crippen molar-refractivity contribution < 1.29 is 22.6 Å². The van der Waals surface area contributed by atoms with Gasteiger partial charge in [-0.3, -0.25) is 4.99 Å². The molecule has 2 N–H and O–H groups in total. The Balaban J connectivity index is 1.30. The average Bonchev–Trinajstić information content (AvgIpc) is 3.21. The van der Waals surface area contributed by atoms with Gasteiger partial charge in [0.05, 0.1) is 12.3 Å². The lowest BCUT2D eigenvalue weighted by Crippen LogP contribution is -2.45. The summed E-state index contributed by atoms with van der Waals surface area (Å²) in [7, 11) is 1.67. The normalized spacial score (nSPS) is 18.5. The van der Waals surface area contributed by atoms with E-state index in [2.05, 4.69) is 15.6 Å². The number of nitrogens with zero attached hydrogens (tertiary/aromatic N) is 2. The lowest BCUT2D eigenvalue weighted by molar-refractivity contribution is -0.0172. The Morgan fingerprint density at radius 2 is 2.06 bits per heavy atom. The molecule has 0 saturated carbocycles. The second kappa shape index (κ2) is 9.47. The molecule has 6 nitrogen and oxygen atoms in total. The van der Waals surface area contributed by atoms with E-state index in [-0.39, 0.29) is 18.7 Å². The van der Waals surface area contributed by atoms with Gasteiger partial charge in [0, 0.05) is 44.4 Å². The summed E-state index contributed by atoms with van der Waals surface area (Å²) in [6.07, 6.45) is 1.35. The molecule has 0 aromatic heterocycles. The lowest BCUT2D eigenvalue weighted by Gasteiger charge is -2.22. The molecule has 2 aromatic rings. The van der Waals surface area contributed by atoms with Gasteiger partial charge in [-0.05, 0) is 42.7 Å². The number of hydrogen-bond donors (Lipinski definition) is 2. The van der Waals surface area contributed by atoms with Gasteiger partial charge in [0.2, 0.25) is 0 Å². The molecular formula is C22H25F3N4O2. The molecule has 0 aliphatic carbocycles. The van der Waals surface area contributed by atoms with E-state index in [4.69, 9.17) is 9.47 Å². The summed E-state index contributed by atoms with van der Waals surface area (Å²) in [5.74, 6) is -0.165. The predicted octanol–water partition coefficient (Wildman–Crippen LogP) is 2.96. The van der Waals surface area contributed by atoms with E-state index >= 15 is 0 Å². The number of nitrogens with one attached hydrogen (secondary N) is 2. The number of aliphatic imine (C=N–C) groups is 1. The van der Waals surface area contributed by atoms with Crippen molar-refractivity contribution in [3.05, 3.63) is 58.9 Å². The molecule has 166 valence electrons. The van der Waals surface area contributed by atoms with Gasteiger partial charge in [-0.1, -0.05) is 0 Å². The van der Waals surface area contributed by atoms with Crippen LogP contribution in [0, 0.1) is 17.5 Å². The first-order valence-corrected chi connectivity index (χ1v) is 10.2. The Hall–Kier alpha value is -2.94. The van der Waals surface area contributed by atoms with E-state index in [1.54, 1.807) is 7.05 Å². The lowest BCUT2D eigenvalue weighted by atomic mass is 10.1. The molecule has 4 rings (SSSR count). The molecule has 1 fully saturated rings. The van der Waals surface area contributed by atoms with E-state index < -0.39 is 11.6 Å². The van der Waals surface area contributed by atoms with Gasteiger partial charge < -0.3 is 25.0 Å². The highest BCUT2D eigenvalue weighted by Gasteiger charge is 2.25. The Labute approximate surface area is 179 Å². The highest BCUT2D eigenvalue weighted by atomic mass is 19.1. The Morgan fingerprint density at radius 1 is 1.19 bits per heavy atom. The molecule has 0 radical (unpaired) electrons. The van der Waals surface area contributed by atoms with Crippen molar-refractivity contribution >= 4 is 11.6 Å². The van der Waals surface area contributed by atoms with Crippen LogP contribution < -0.4 is 20.3 Å². The summed E-state index contributed by atoms with van der Waals surface area (Å²) in [5, 5.41) is 6.56. The van der Waals surface area contributed by atoms with Crippen LogP contribution in [0.1, 0.15) is 17.5 Å². The van der Waals surface area contributed by atoms with Crippen molar-refractivity contribution in [3.8, 4) is 5.75 Å². The third-order valence-electron chi connectivity index (χ3n) is 5.44. The molecule has 2 aliphatic heterocycles. The summed E-state index contributed by atoms with van der Waals surface area (Å²) >= 11 is 0. The molecule has 9 heteroatoms. The number of hydrogen-bond acceptors (Lipinski definition) is 4. The van der Waals surface area contributed by atoms with E-state index in [9.17, 15) is 13.2 Å². The van der Waals surface area contributed by atoms with Crippen LogP contribution >= 0.6 is 0 Å². The zero-order chi connectivity index (χ0) is 21.8. The van der Waals surface area contributed by atoms with Crippen molar-refractivity contribution in [1.29, 1.82) is 0 Å². The van der Waals surface area contributed by atoms with Gasteiger partial charge >= 0.3 is 0 Å². The molecule has 0 bridgehead atoms. The van der Waals surface area contributed by atoms with Crippen molar-refractivity contribution in [1.82, 2.24) is 10.6 Å². The van der Waals surface area contributed by atoms with Gasteiger partial charge in [0.1, 0.15) is 23.2 Å². The van der Waals surface area contributed by atoms with Crippen molar-refractivity contribution in [2.24, 2.45) is 4.99 Å². The third-order valence-corrected chi connectivity index (χ3v) is 5.44. The Bertz CT molecular complexity index is 970. The minimum atomic E-state index is -0.586. The van der Waals surface area contributed by atoms with Gasteiger partial charge in [-0.2, -0.15) is 0 Å². The standard InChI is InChI=1S/C22H25F3N4O2/c1-26-22(27-6-4-14-8-17(24)9-15-12-30-13-31-21(14)15)28-18-5-7-29(11-18)20-3-2-16(23)10-19(20)25/h2-3,8-10,18H,4-7,11-13H2,1H3,(H2,26,27,28). The second-order valence-electron chi connectivity index (χ2n) is 7.58. The maximum absolute atomic E-state index is 14.1. The second-order valence-corrected chi connectivity index (χ2v) is 7.58. The van der Waals surface area contributed by atoms with E-state index in [0.29, 0.717) is 55.6 Å². The fourth-order valence-electron chi connectivity index (χ4n) is 3.98. The topological polar surface area (TPSA) is 58.1 Å². The Kier molecular flexibility index (Phi) is 6.50. The smallest absolute Gasteiger partial charge is 0.191 e. The number of fused-ring (bicyclic) bond motifs is 1. The molecule has 2 heterocycles.